The first kappa shape index (κ1) is 25.5. The first-order valence-corrected chi connectivity index (χ1v) is 11.1. The van der Waals surface area contributed by atoms with Crippen molar-refractivity contribution in [2.45, 2.75) is 24.7 Å². The lowest BCUT2D eigenvalue weighted by atomic mass is 10.1. The summed E-state index contributed by atoms with van der Waals surface area (Å²) in [5, 5.41) is 3.74. The number of benzene rings is 1. The van der Waals surface area contributed by atoms with Crippen LogP contribution in [0.3, 0.4) is 0 Å². The van der Waals surface area contributed by atoms with E-state index >= 15 is 0 Å². The number of rotatable bonds is 11. The number of fused-ring (bicyclic) bond motifs is 1. The van der Waals surface area contributed by atoms with Crippen molar-refractivity contribution in [1.82, 2.24) is 10.4 Å². The first-order valence-electron chi connectivity index (χ1n) is 9.98. The summed E-state index contributed by atoms with van der Waals surface area (Å²) in [6, 6.07) is 4.56. The van der Waals surface area contributed by atoms with Crippen molar-refractivity contribution in [3.8, 4) is 0 Å². The Balaban J connectivity index is 2.04. The molecular formula is C20H28N4O7S. The Morgan fingerprint density at radius 3 is 2.78 bits per heavy atom. The Labute approximate surface area is 188 Å². The number of aliphatic imine (C=N–C) groups is 1. The van der Waals surface area contributed by atoms with Crippen LogP contribution >= 0.6 is 0 Å². The molecule has 4 N–H and O–H groups in total. The molecule has 1 aromatic rings. The Hall–Kier alpha value is -2.80. The molecule has 0 fully saturated rings. The second-order valence-corrected chi connectivity index (χ2v) is 7.68. The molecule has 2 rings (SSSR count). The Morgan fingerprint density at radius 2 is 2.09 bits per heavy atom. The zero-order valence-electron chi connectivity index (χ0n) is 18.0. The van der Waals surface area contributed by atoms with Crippen molar-refractivity contribution in [2.24, 2.45) is 10.7 Å². The van der Waals surface area contributed by atoms with Crippen LogP contribution in [0.4, 0.5) is 10.5 Å². The van der Waals surface area contributed by atoms with Crippen molar-refractivity contribution < 1.29 is 32.7 Å². The fraction of sp³-hybridized carbons (Fsp3) is 0.450. The molecule has 1 unspecified atom stereocenters. The summed E-state index contributed by atoms with van der Waals surface area (Å²) in [4.78, 5) is 34.6. The summed E-state index contributed by atoms with van der Waals surface area (Å²) in [6.07, 6.45) is 1.78. The second-order valence-electron chi connectivity index (χ2n) is 6.72. The van der Waals surface area contributed by atoms with Crippen molar-refractivity contribution >= 4 is 40.7 Å². The van der Waals surface area contributed by atoms with Gasteiger partial charge in [-0.15, -0.1) is 0 Å². The smallest absolute Gasteiger partial charge is 0.407 e. The Kier molecular flexibility index (Phi) is 10.3. The summed E-state index contributed by atoms with van der Waals surface area (Å²) < 4.78 is 30.3. The van der Waals surface area contributed by atoms with Gasteiger partial charge in [-0.3, -0.25) is 9.63 Å². The molecule has 0 aromatic heterocycles. The van der Waals surface area contributed by atoms with Crippen LogP contribution in [0.5, 0.6) is 0 Å². The van der Waals surface area contributed by atoms with Crippen LogP contribution in [0.25, 0.3) is 6.08 Å². The van der Waals surface area contributed by atoms with Crippen molar-refractivity contribution in [2.75, 3.05) is 40.0 Å². The summed E-state index contributed by atoms with van der Waals surface area (Å²) in [5.74, 6) is -0.184. The number of carbonyl (C=O) groups is 2. The molecule has 32 heavy (non-hydrogen) atoms. The standard InChI is InChI=1S/C20H28N4O7S/c1-3-7-24(31-8-6-22-20(26)30-10-9-29-2)19(25)15-11-14-4-5-16(32(27)28)13-17(14)23-18(21)12-15/h4-5,11,13H,3,6-10,12H2,1-2H3,(H2,21,23)(H,22,26)(H,27,28). The van der Waals surface area contributed by atoms with Gasteiger partial charge in [-0.25, -0.2) is 19.1 Å². The summed E-state index contributed by atoms with van der Waals surface area (Å²) in [5.41, 5.74) is 7.34. The summed E-state index contributed by atoms with van der Waals surface area (Å²) >= 11 is -2.15. The molecule has 1 aliphatic heterocycles. The van der Waals surface area contributed by atoms with E-state index in [9.17, 15) is 18.4 Å². The number of amidine groups is 1. The number of amides is 2. The van der Waals surface area contributed by atoms with Gasteiger partial charge in [-0.05, 0) is 24.6 Å². The van der Waals surface area contributed by atoms with Gasteiger partial charge in [0, 0.05) is 37.8 Å². The quantitative estimate of drug-likeness (QED) is 0.251. The molecule has 0 saturated carbocycles. The monoisotopic (exact) mass is 468 g/mol. The van der Waals surface area contributed by atoms with Gasteiger partial charge in [0.25, 0.3) is 5.91 Å². The highest BCUT2D eigenvalue weighted by atomic mass is 32.2. The molecule has 0 radical (unpaired) electrons. The highest BCUT2D eigenvalue weighted by Gasteiger charge is 2.22. The Morgan fingerprint density at radius 1 is 1.31 bits per heavy atom. The van der Waals surface area contributed by atoms with E-state index in [2.05, 4.69) is 10.3 Å². The SMILES string of the molecule is CCCN(OCCNC(=O)OCCOC)C(=O)C1=Cc2ccc(S(=O)O)cc2N=C(N)C1. The lowest BCUT2D eigenvalue weighted by molar-refractivity contribution is -0.181. The van der Waals surface area contributed by atoms with Crippen LogP contribution in [0.2, 0.25) is 0 Å². The maximum Gasteiger partial charge on any atom is 0.407 e. The van der Waals surface area contributed by atoms with E-state index in [1.165, 1.54) is 24.3 Å². The van der Waals surface area contributed by atoms with Crippen LogP contribution in [-0.4, -0.2) is 71.7 Å². The summed E-state index contributed by atoms with van der Waals surface area (Å²) in [7, 11) is 1.50. The molecule has 12 heteroatoms. The van der Waals surface area contributed by atoms with E-state index < -0.39 is 17.2 Å². The van der Waals surface area contributed by atoms with Gasteiger partial charge in [0.05, 0.1) is 23.8 Å². The number of alkyl carbamates (subject to hydrolysis) is 1. The molecule has 0 aliphatic carbocycles. The lowest BCUT2D eigenvalue weighted by Gasteiger charge is -2.22. The average Bonchev–Trinajstić information content (AvgIpc) is 2.92. The maximum absolute atomic E-state index is 13.1. The predicted octanol–water partition coefficient (Wildman–Crippen LogP) is 1.59. The van der Waals surface area contributed by atoms with E-state index in [1.54, 1.807) is 12.1 Å². The number of hydroxylamine groups is 2. The molecule has 11 nitrogen and oxygen atoms in total. The number of methoxy groups -OCH3 is 1. The van der Waals surface area contributed by atoms with Crippen LogP contribution in [0, 0.1) is 0 Å². The molecule has 0 spiro atoms. The van der Waals surface area contributed by atoms with Gasteiger partial charge >= 0.3 is 6.09 Å². The fourth-order valence-electron chi connectivity index (χ4n) is 2.78. The number of nitrogens with zero attached hydrogens (tertiary/aromatic N) is 2. The van der Waals surface area contributed by atoms with Gasteiger partial charge in [0.2, 0.25) is 0 Å². The number of hydrogen-bond acceptors (Lipinski definition) is 8. The molecule has 1 aromatic carbocycles. The van der Waals surface area contributed by atoms with Gasteiger partial charge in [-0.2, -0.15) is 0 Å². The maximum atomic E-state index is 13.1. The largest absolute Gasteiger partial charge is 0.447 e. The zero-order valence-corrected chi connectivity index (χ0v) is 18.9. The molecule has 1 heterocycles. The molecule has 1 atom stereocenters. The van der Waals surface area contributed by atoms with Crippen LogP contribution < -0.4 is 11.1 Å². The third-order valence-electron chi connectivity index (χ3n) is 4.24. The van der Waals surface area contributed by atoms with Crippen molar-refractivity contribution in [1.29, 1.82) is 0 Å². The lowest BCUT2D eigenvalue weighted by Crippen LogP contribution is -2.37. The number of nitrogens with one attached hydrogen (secondary N) is 1. The highest BCUT2D eigenvalue weighted by Crippen LogP contribution is 2.29. The number of ether oxygens (including phenoxy) is 2. The number of hydrogen-bond donors (Lipinski definition) is 3. The van der Waals surface area contributed by atoms with Crippen LogP contribution in [0.15, 0.2) is 33.7 Å². The highest BCUT2D eigenvalue weighted by molar-refractivity contribution is 7.79. The zero-order chi connectivity index (χ0) is 23.5. The first-order chi connectivity index (χ1) is 15.3. The van der Waals surface area contributed by atoms with E-state index in [0.29, 0.717) is 36.4 Å². The van der Waals surface area contributed by atoms with Gasteiger partial charge in [0.1, 0.15) is 12.4 Å². The third-order valence-corrected chi connectivity index (χ3v) is 4.89. The number of nitrogens with two attached hydrogens (primary N) is 1. The third kappa shape index (κ3) is 7.71. The average molecular weight is 469 g/mol. The van der Waals surface area contributed by atoms with Crippen LogP contribution in [-0.2, 0) is 30.2 Å². The van der Waals surface area contributed by atoms with E-state index in [4.69, 9.17) is 20.0 Å². The topological polar surface area (TPSA) is 153 Å². The van der Waals surface area contributed by atoms with E-state index in [0.717, 1.165) is 0 Å². The van der Waals surface area contributed by atoms with Gasteiger partial charge in [0.15, 0.2) is 11.1 Å². The van der Waals surface area contributed by atoms with Crippen molar-refractivity contribution in [3.63, 3.8) is 0 Å². The molecular weight excluding hydrogens is 440 g/mol. The van der Waals surface area contributed by atoms with Gasteiger partial charge < -0.3 is 25.1 Å². The minimum atomic E-state index is -2.15. The molecule has 176 valence electrons. The van der Waals surface area contributed by atoms with Crippen molar-refractivity contribution in [3.05, 3.63) is 29.3 Å². The van der Waals surface area contributed by atoms with Crippen LogP contribution in [0.1, 0.15) is 25.3 Å². The Bertz CT molecular complexity index is 904. The summed E-state index contributed by atoms with van der Waals surface area (Å²) in [6.45, 7) is 2.87. The minimum absolute atomic E-state index is 0.0598. The van der Waals surface area contributed by atoms with E-state index in [-0.39, 0.29) is 42.8 Å². The number of carbonyl (C=O) groups excluding carboxylic acids is 2. The molecule has 0 saturated heterocycles. The molecule has 2 amide bonds. The molecule has 1 aliphatic rings. The van der Waals surface area contributed by atoms with E-state index in [1.807, 2.05) is 6.92 Å². The molecule has 0 bridgehead atoms. The second kappa shape index (κ2) is 12.9. The van der Waals surface area contributed by atoms with Gasteiger partial charge in [-0.1, -0.05) is 13.0 Å². The predicted molar refractivity (Wildman–Crippen MR) is 119 cm³/mol. The fourth-order valence-corrected chi connectivity index (χ4v) is 3.18. The normalized spacial score (nSPS) is 13.8. The minimum Gasteiger partial charge on any atom is -0.447 e.